The van der Waals surface area contributed by atoms with Gasteiger partial charge in [0.25, 0.3) is 0 Å². The van der Waals surface area contributed by atoms with E-state index < -0.39 is 0 Å². The maximum absolute atomic E-state index is 10.5. The van der Waals surface area contributed by atoms with Crippen molar-refractivity contribution in [1.82, 2.24) is 4.98 Å². The quantitative estimate of drug-likeness (QED) is 0.453. The minimum Gasteiger partial charge on any atom is -0.506 e. The highest BCUT2D eigenvalue weighted by molar-refractivity contribution is 7.21. The van der Waals surface area contributed by atoms with Crippen LogP contribution in [0.25, 0.3) is 10.2 Å². The third-order valence-corrected chi connectivity index (χ3v) is 6.34. The molecule has 0 saturated heterocycles. The van der Waals surface area contributed by atoms with E-state index in [1.807, 2.05) is 12.1 Å². The number of nitrogens with zero attached hydrogens (tertiary/aromatic N) is 4. The molecule has 0 saturated carbocycles. The average molecular weight is 423 g/mol. The first-order valence-electron chi connectivity index (χ1n) is 10.7. The lowest BCUT2D eigenvalue weighted by atomic mass is 9.88. The van der Waals surface area contributed by atoms with Gasteiger partial charge >= 0.3 is 0 Å². The Morgan fingerprint density at radius 3 is 2.73 bits per heavy atom. The van der Waals surface area contributed by atoms with Crippen LogP contribution in [0.1, 0.15) is 51.7 Å². The third-order valence-electron chi connectivity index (χ3n) is 5.44. The molecule has 1 aliphatic rings. The number of aromatic hydroxyl groups is 1. The molecule has 0 bridgehead atoms. The normalized spacial score (nSPS) is 15.0. The highest BCUT2D eigenvalue weighted by Crippen LogP contribution is 2.38. The Kier molecular flexibility index (Phi) is 5.78. The first-order chi connectivity index (χ1) is 14.3. The van der Waals surface area contributed by atoms with Crippen LogP contribution in [0.5, 0.6) is 5.75 Å². The molecule has 0 aliphatic carbocycles. The zero-order valence-corrected chi connectivity index (χ0v) is 19.1. The van der Waals surface area contributed by atoms with Crippen molar-refractivity contribution in [3.63, 3.8) is 0 Å². The molecule has 5 nitrogen and oxygen atoms in total. The Balaban J connectivity index is 1.60. The van der Waals surface area contributed by atoms with Gasteiger partial charge in [0, 0.05) is 24.8 Å². The third kappa shape index (κ3) is 4.64. The standard InChI is InChI=1S/C24H30N4OS/c1-5-28-11-7-6-8-17-13-19(21(29)14-20(17)28)26-27-23-25-18-10-9-16(12-22(18)30-23)15-24(2,3)4/h9-10,12-14,29H,5-8,11,15H2,1-4H3. The van der Waals surface area contributed by atoms with Gasteiger partial charge in [-0.1, -0.05) is 38.2 Å². The molecule has 1 N–H and O–H groups in total. The molecule has 0 fully saturated rings. The lowest BCUT2D eigenvalue weighted by molar-refractivity contribution is 0.411. The predicted molar refractivity (Wildman–Crippen MR) is 126 cm³/mol. The Morgan fingerprint density at radius 1 is 1.13 bits per heavy atom. The van der Waals surface area contributed by atoms with E-state index in [2.05, 4.69) is 66.0 Å². The van der Waals surface area contributed by atoms with E-state index in [9.17, 15) is 5.11 Å². The van der Waals surface area contributed by atoms with E-state index >= 15 is 0 Å². The SMILES string of the molecule is CCN1CCCCc2cc(N=Nc3nc4ccc(CC(C)(C)C)cc4s3)c(O)cc21. The van der Waals surface area contributed by atoms with Gasteiger partial charge in [-0.15, -0.1) is 10.2 Å². The summed E-state index contributed by atoms with van der Waals surface area (Å²) >= 11 is 1.54. The number of aryl methyl sites for hydroxylation is 1. The van der Waals surface area contributed by atoms with Gasteiger partial charge in [-0.05, 0) is 67.3 Å². The fourth-order valence-corrected chi connectivity index (χ4v) is 4.92. The van der Waals surface area contributed by atoms with Crippen molar-refractivity contribution in [2.75, 3.05) is 18.0 Å². The van der Waals surface area contributed by atoms with Crippen LogP contribution in [0.4, 0.5) is 16.5 Å². The highest BCUT2D eigenvalue weighted by atomic mass is 32.1. The van der Waals surface area contributed by atoms with Crippen LogP contribution in [-0.2, 0) is 12.8 Å². The van der Waals surface area contributed by atoms with Gasteiger partial charge in [0.1, 0.15) is 11.4 Å². The molecule has 0 unspecified atom stereocenters. The van der Waals surface area contributed by atoms with Crippen molar-refractivity contribution in [3.05, 3.63) is 41.5 Å². The number of azo groups is 1. The van der Waals surface area contributed by atoms with Crippen molar-refractivity contribution < 1.29 is 5.11 Å². The number of phenolic OH excluding ortho intramolecular Hbond substituents is 1. The molecule has 4 rings (SSSR count). The van der Waals surface area contributed by atoms with Gasteiger partial charge < -0.3 is 10.0 Å². The fraction of sp³-hybridized carbons (Fsp3) is 0.458. The Hall–Kier alpha value is -2.47. The van der Waals surface area contributed by atoms with E-state index in [1.165, 1.54) is 28.9 Å². The number of aromatic nitrogens is 1. The molecule has 2 aromatic carbocycles. The van der Waals surface area contributed by atoms with Crippen molar-refractivity contribution in [2.45, 2.75) is 53.4 Å². The number of hydrogen-bond donors (Lipinski definition) is 1. The van der Waals surface area contributed by atoms with Crippen LogP contribution in [0.15, 0.2) is 40.6 Å². The summed E-state index contributed by atoms with van der Waals surface area (Å²) in [7, 11) is 0. The zero-order valence-electron chi connectivity index (χ0n) is 18.3. The first kappa shape index (κ1) is 20.8. The van der Waals surface area contributed by atoms with Gasteiger partial charge in [0.05, 0.1) is 10.2 Å². The molecule has 1 aliphatic heterocycles. The molecule has 0 spiro atoms. The number of thiazole rings is 1. The summed E-state index contributed by atoms with van der Waals surface area (Å²) < 4.78 is 1.12. The fourth-order valence-electron chi connectivity index (χ4n) is 4.07. The van der Waals surface area contributed by atoms with Crippen LogP contribution in [0.3, 0.4) is 0 Å². The minimum atomic E-state index is 0.173. The Bertz CT molecular complexity index is 1080. The second kappa shape index (κ2) is 8.34. The maximum Gasteiger partial charge on any atom is 0.231 e. The van der Waals surface area contributed by atoms with E-state index in [-0.39, 0.29) is 11.2 Å². The van der Waals surface area contributed by atoms with E-state index in [1.54, 1.807) is 0 Å². The molecule has 0 atom stereocenters. The van der Waals surface area contributed by atoms with Crippen molar-refractivity contribution >= 4 is 38.1 Å². The largest absolute Gasteiger partial charge is 0.506 e. The lowest BCUT2D eigenvalue weighted by Crippen LogP contribution is -2.23. The summed E-state index contributed by atoms with van der Waals surface area (Å²) in [6.07, 6.45) is 4.35. The van der Waals surface area contributed by atoms with Gasteiger partial charge in [-0.25, -0.2) is 4.98 Å². The molecule has 158 valence electrons. The number of hydrogen-bond acceptors (Lipinski definition) is 6. The topological polar surface area (TPSA) is 61.1 Å². The van der Waals surface area contributed by atoms with Crippen LogP contribution in [0, 0.1) is 5.41 Å². The molecule has 3 aromatic rings. The van der Waals surface area contributed by atoms with E-state index in [4.69, 9.17) is 0 Å². The molecular weight excluding hydrogens is 392 g/mol. The average Bonchev–Trinajstić information content (AvgIpc) is 2.98. The molecule has 1 aromatic heterocycles. The molecule has 2 heterocycles. The van der Waals surface area contributed by atoms with Crippen molar-refractivity contribution in [3.8, 4) is 5.75 Å². The van der Waals surface area contributed by atoms with Crippen LogP contribution >= 0.6 is 11.3 Å². The molecule has 0 amide bonds. The van der Waals surface area contributed by atoms with Gasteiger partial charge in [0.15, 0.2) is 0 Å². The minimum absolute atomic E-state index is 0.173. The Morgan fingerprint density at radius 2 is 1.97 bits per heavy atom. The van der Waals surface area contributed by atoms with Crippen LogP contribution in [0.2, 0.25) is 0 Å². The summed E-state index contributed by atoms with van der Waals surface area (Å²) in [6.45, 7) is 10.9. The maximum atomic E-state index is 10.5. The second-order valence-electron chi connectivity index (χ2n) is 9.24. The zero-order chi connectivity index (χ0) is 21.3. The smallest absolute Gasteiger partial charge is 0.231 e. The van der Waals surface area contributed by atoms with Crippen LogP contribution < -0.4 is 4.90 Å². The van der Waals surface area contributed by atoms with Gasteiger partial charge in [0.2, 0.25) is 5.13 Å². The monoisotopic (exact) mass is 422 g/mol. The summed E-state index contributed by atoms with van der Waals surface area (Å²) in [5.41, 5.74) is 5.37. The number of rotatable bonds is 4. The summed E-state index contributed by atoms with van der Waals surface area (Å²) in [4.78, 5) is 6.92. The number of fused-ring (bicyclic) bond motifs is 2. The first-order valence-corrected chi connectivity index (χ1v) is 11.6. The lowest BCUT2D eigenvalue weighted by Gasteiger charge is -2.23. The number of phenols is 1. The Labute approximate surface area is 182 Å². The summed E-state index contributed by atoms with van der Waals surface area (Å²) in [5.74, 6) is 0.173. The van der Waals surface area contributed by atoms with Crippen molar-refractivity contribution in [1.29, 1.82) is 0 Å². The molecule has 30 heavy (non-hydrogen) atoms. The summed E-state index contributed by atoms with van der Waals surface area (Å²) in [6, 6.07) is 10.2. The second-order valence-corrected chi connectivity index (χ2v) is 10.3. The van der Waals surface area contributed by atoms with E-state index in [0.29, 0.717) is 10.8 Å². The summed E-state index contributed by atoms with van der Waals surface area (Å²) in [5, 5.41) is 19.8. The number of anilines is 1. The molecule has 6 heteroatoms. The predicted octanol–water partition coefficient (Wildman–Crippen LogP) is 7.17. The molecule has 0 radical (unpaired) electrons. The number of benzene rings is 2. The van der Waals surface area contributed by atoms with E-state index in [0.717, 1.165) is 48.3 Å². The van der Waals surface area contributed by atoms with Gasteiger partial charge in [-0.2, -0.15) is 0 Å². The highest BCUT2D eigenvalue weighted by Gasteiger charge is 2.17. The van der Waals surface area contributed by atoms with Crippen molar-refractivity contribution in [2.24, 2.45) is 15.6 Å². The van der Waals surface area contributed by atoms with Gasteiger partial charge in [-0.3, -0.25) is 0 Å². The molecular formula is C24H30N4OS. The van der Waals surface area contributed by atoms with Crippen LogP contribution in [-0.4, -0.2) is 23.2 Å².